The van der Waals surface area contributed by atoms with Gasteiger partial charge in [0, 0.05) is 19.7 Å². The van der Waals surface area contributed by atoms with Crippen LogP contribution in [0.1, 0.15) is 12.5 Å². The third-order valence-corrected chi connectivity index (χ3v) is 5.28. The Labute approximate surface area is 148 Å². The number of nitrogens with zero attached hydrogens (tertiary/aromatic N) is 4. The van der Waals surface area contributed by atoms with Gasteiger partial charge in [-0.15, -0.1) is 0 Å². The van der Waals surface area contributed by atoms with E-state index in [1.807, 2.05) is 0 Å². The lowest BCUT2D eigenvalue weighted by Crippen LogP contribution is -2.26. The van der Waals surface area contributed by atoms with E-state index in [1.165, 1.54) is 25.7 Å². The number of halogens is 1. The zero-order valence-corrected chi connectivity index (χ0v) is 15.2. The van der Waals surface area contributed by atoms with Crippen molar-refractivity contribution in [3.8, 4) is 17.3 Å². The fourth-order valence-corrected chi connectivity index (χ4v) is 2.81. The summed E-state index contributed by atoms with van der Waals surface area (Å²) in [4.78, 5) is 12.4. The Morgan fingerprint density at radius 2 is 2.04 bits per heavy atom. The second-order valence-electron chi connectivity index (χ2n) is 5.11. The maximum absolute atomic E-state index is 14.4. The Bertz CT molecular complexity index is 1110. The number of hydrogen-bond acceptors (Lipinski definition) is 6. The van der Waals surface area contributed by atoms with Gasteiger partial charge in [0.15, 0.2) is 10.5 Å². The minimum Gasteiger partial charge on any atom is -0.285 e. The van der Waals surface area contributed by atoms with Crippen LogP contribution in [-0.4, -0.2) is 28.5 Å². The smallest absolute Gasteiger partial charge is 0.280 e. The van der Waals surface area contributed by atoms with Crippen molar-refractivity contribution in [3.63, 3.8) is 0 Å². The van der Waals surface area contributed by atoms with E-state index in [0.717, 1.165) is 16.7 Å². The van der Waals surface area contributed by atoms with Crippen molar-refractivity contribution in [2.45, 2.75) is 6.92 Å². The number of sulfonamides is 1. The van der Waals surface area contributed by atoms with Crippen LogP contribution in [0, 0.1) is 21.9 Å². The lowest BCUT2D eigenvalue weighted by atomic mass is 10.1. The number of benzene rings is 1. The Kier molecular flexibility index (Phi) is 5.05. The van der Waals surface area contributed by atoms with E-state index in [0.29, 0.717) is 0 Å². The van der Waals surface area contributed by atoms with E-state index >= 15 is 0 Å². The average molecular weight is 383 g/mol. The highest BCUT2D eigenvalue weighted by Gasteiger charge is 2.19. The maximum atomic E-state index is 14.4. The zero-order valence-electron chi connectivity index (χ0n) is 13.6. The fraction of sp³-hybridized carbons (Fsp3) is 0.286. The normalized spacial score (nSPS) is 11.2. The summed E-state index contributed by atoms with van der Waals surface area (Å²) in [5, 5.41) is 13.1. The molecule has 1 aromatic carbocycles. The minimum absolute atomic E-state index is 0.130. The topological polar surface area (TPSA) is 110 Å². The molecule has 0 aliphatic carbocycles. The Hall–Kier alpha value is -2.58. The zero-order chi connectivity index (χ0) is 18.9. The van der Waals surface area contributed by atoms with Crippen LogP contribution in [0.5, 0.6) is 0 Å². The van der Waals surface area contributed by atoms with Crippen LogP contribution < -0.4 is 10.3 Å². The molecule has 0 atom stereocenters. The summed E-state index contributed by atoms with van der Waals surface area (Å²) < 4.78 is 42.6. The highest BCUT2D eigenvalue weighted by molar-refractivity contribution is 7.92. The van der Waals surface area contributed by atoms with Crippen molar-refractivity contribution < 1.29 is 12.8 Å². The second-order valence-corrected chi connectivity index (χ2v) is 7.49. The molecule has 0 unspecified atom stereocenters. The third kappa shape index (κ3) is 3.59. The van der Waals surface area contributed by atoms with Crippen LogP contribution >= 0.6 is 12.2 Å². The molecule has 0 fully saturated rings. The maximum Gasteiger partial charge on any atom is 0.280 e. The van der Waals surface area contributed by atoms with E-state index in [4.69, 9.17) is 17.5 Å². The molecule has 2 rings (SSSR count). The van der Waals surface area contributed by atoms with Crippen LogP contribution in [0.4, 0.5) is 10.1 Å². The molecule has 0 spiro atoms. The summed E-state index contributed by atoms with van der Waals surface area (Å²) in [6, 6.07) is 3.65. The van der Waals surface area contributed by atoms with Gasteiger partial charge in [0.2, 0.25) is 10.0 Å². The van der Waals surface area contributed by atoms with E-state index < -0.39 is 21.4 Å². The van der Waals surface area contributed by atoms with E-state index in [2.05, 4.69) is 9.82 Å². The molecule has 1 heterocycles. The standard InChI is InChI=1S/C14H14FN5O3S2/c1-4-25(22,23)18-11-6-9(10(15)5-8(11)7-16)12-13(21)19(2)14(24)20(3)17-12/h5-6,18H,4H2,1-3H3. The number of rotatable bonds is 4. The molecule has 8 nitrogen and oxygen atoms in total. The molecule has 2 aromatic rings. The molecule has 0 saturated heterocycles. The highest BCUT2D eigenvalue weighted by atomic mass is 32.2. The van der Waals surface area contributed by atoms with Crippen LogP contribution in [0.15, 0.2) is 16.9 Å². The van der Waals surface area contributed by atoms with Gasteiger partial charge in [-0.2, -0.15) is 10.4 Å². The predicted molar refractivity (Wildman–Crippen MR) is 92.5 cm³/mol. The van der Waals surface area contributed by atoms with E-state index in [1.54, 1.807) is 6.07 Å². The Balaban J connectivity index is 2.79. The SMILES string of the molecule is CCS(=O)(=O)Nc1cc(-c2nn(C)c(=S)n(C)c2=O)c(F)cc1C#N. The molecule has 11 heteroatoms. The number of anilines is 1. The quantitative estimate of drug-likeness (QED) is 0.797. The van der Waals surface area contributed by atoms with Crippen molar-refractivity contribution >= 4 is 27.9 Å². The molecule has 0 bridgehead atoms. The number of nitriles is 1. The van der Waals surface area contributed by atoms with Gasteiger partial charge >= 0.3 is 0 Å². The Morgan fingerprint density at radius 3 is 2.60 bits per heavy atom. The van der Waals surface area contributed by atoms with Crippen LogP contribution in [-0.2, 0) is 24.1 Å². The molecule has 25 heavy (non-hydrogen) atoms. The lowest BCUT2D eigenvalue weighted by molar-refractivity contribution is 0.602. The molecule has 0 saturated carbocycles. The summed E-state index contributed by atoms with van der Waals surface area (Å²) >= 11 is 5.01. The highest BCUT2D eigenvalue weighted by Crippen LogP contribution is 2.26. The van der Waals surface area contributed by atoms with Gasteiger partial charge in [-0.05, 0) is 31.3 Å². The molecule has 0 aliphatic rings. The molecule has 0 aliphatic heterocycles. The average Bonchev–Trinajstić information content (AvgIpc) is 2.57. The lowest BCUT2D eigenvalue weighted by Gasteiger charge is -2.12. The predicted octanol–water partition coefficient (Wildman–Crippen LogP) is 1.29. The first-order valence-corrected chi connectivity index (χ1v) is 9.06. The fourth-order valence-electron chi connectivity index (χ4n) is 2.04. The molecule has 0 radical (unpaired) electrons. The molecule has 1 N–H and O–H groups in total. The Morgan fingerprint density at radius 1 is 1.40 bits per heavy atom. The number of nitrogens with one attached hydrogen (secondary N) is 1. The van der Waals surface area contributed by atoms with Crippen LogP contribution in [0.2, 0.25) is 0 Å². The summed E-state index contributed by atoms with van der Waals surface area (Å²) in [6.45, 7) is 1.42. The molecule has 0 amide bonds. The monoisotopic (exact) mass is 383 g/mol. The van der Waals surface area contributed by atoms with Gasteiger partial charge in [0.1, 0.15) is 11.9 Å². The van der Waals surface area contributed by atoms with Gasteiger partial charge in [-0.25, -0.2) is 17.5 Å². The molecule has 132 valence electrons. The first-order valence-electron chi connectivity index (χ1n) is 7.00. The van der Waals surface area contributed by atoms with E-state index in [-0.39, 0.29) is 33.0 Å². The number of hydrogen-bond donors (Lipinski definition) is 1. The molecular weight excluding hydrogens is 369 g/mol. The van der Waals surface area contributed by atoms with Crippen molar-refractivity contribution in [1.29, 1.82) is 5.26 Å². The number of aromatic nitrogens is 3. The van der Waals surface area contributed by atoms with Gasteiger partial charge < -0.3 is 0 Å². The number of aryl methyl sites for hydroxylation is 1. The summed E-state index contributed by atoms with van der Waals surface area (Å²) in [6.07, 6.45) is 0. The van der Waals surface area contributed by atoms with Gasteiger partial charge in [-0.1, -0.05) is 0 Å². The van der Waals surface area contributed by atoms with Gasteiger partial charge in [-0.3, -0.25) is 14.1 Å². The second kappa shape index (κ2) is 6.73. The van der Waals surface area contributed by atoms with Gasteiger partial charge in [0.05, 0.1) is 17.0 Å². The van der Waals surface area contributed by atoms with Crippen LogP contribution in [0.3, 0.4) is 0 Å². The first kappa shape index (κ1) is 18.8. The van der Waals surface area contributed by atoms with Crippen molar-refractivity contribution in [1.82, 2.24) is 14.3 Å². The molecule has 1 aromatic heterocycles. The van der Waals surface area contributed by atoms with Crippen molar-refractivity contribution in [2.75, 3.05) is 10.5 Å². The minimum atomic E-state index is -3.70. The summed E-state index contributed by atoms with van der Waals surface area (Å²) in [5.41, 5.74) is -1.47. The van der Waals surface area contributed by atoms with Crippen molar-refractivity contribution in [3.05, 3.63) is 38.6 Å². The molecular formula is C14H14FN5O3S2. The van der Waals surface area contributed by atoms with Gasteiger partial charge in [0.25, 0.3) is 5.56 Å². The van der Waals surface area contributed by atoms with E-state index in [9.17, 15) is 17.6 Å². The summed E-state index contributed by atoms with van der Waals surface area (Å²) in [7, 11) is -0.791. The largest absolute Gasteiger partial charge is 0.285 e. The summed E-state index contributed by atoms with van der Waals surface area (Å²) in [5.74, 6) is -1.11. The van der Waals surface area contributed by atoms with Crippen molar-refractivity contribution in [2.24, 2.45) is 14.1 Å². The van der Waals surface area contributed by atoms with Crippen LogP contribution in [0.25, 0.3) is 11.3 Å². The first-order chi connectivity index (χ1) is 11.6. The third-order valence-electron chi connectivity index (χ3n) is 3.45.